The highest BCUT2D eigenvalue weighted by Gasteiger charge is 2.35. The van der Waals surface area contributed by atoms with Crippen molar-refractivity contribution in [2.75, 3.05) is 13.2 Å². The van der Waals surface area contributed by atoms with E-state index in [0.29, 0.717) is 12.8 Å². The third kappa shape index (κ3) is 5.28. The predicted octanol–water partition coefficient (Wildman–Crippen LogP) is 1.05. The highest BCUT2D eigenvalue weighted by atomic mass is 19.1. The second kappa shape index (κ2) is 8.24. The summed E-state index contributed by atoms with van der Waals surface area (Å²) in [5.74, 6) is -2.56. The van der Waals surface area contributed by atoms with E-state index < -0.39 is 42.3 Å². The van der Waals surface area contributed by atoms with E-state index in [1.165, 1.54) is 18.2 Å². The van der Waals surface area contributed by atoms with Crippen LogP contribution >= 0.6 is 0 Å². The Morgan fingerprint density at radius 2 is 2.00 bits per heavy atom. The quantitative estimate of drug-likeness (QED) is 0.748. The van der Waals surface area contributed by atoms with Crippen molar-refractivity contribution in [2.45, 2.75) is 31.2 Å². The lowest BCUT2D eigenvalue weighted by molar-refractivity contribution is -0.147. The minimum absolute atomic E-state index is 0.0720. The van der Waals surface area contributed by atoms with Crippen LogP contribution in [0.25, 0.3) is 0 Å². The highest BCUT2D eigenvalue weighted by molar-refractivity contribution is 5.96. The van der Waals surface area contributed by atoms with Gasteiger partial charge in [-0.15, -0.1) is 0 Å². The number of nitriles is 1. The van der Waals surface area contributed by atoms with Crippen molar-refractivity contribution in [3.63, 3.8) is 0 Å². The number of hydrogen-bond acceptors (Lipinski definition) is 5. The van der Waals surface area contributed by atoms with Crippen molar-refractivity contribution < 1.29 is 23.5 Å². The Morgan fingerprint density at radius 1 is 1.28 bits per heavy atom. The van der Waals surface area contributed by atoms with Crippen LogP contribution in [-0.2, 0) is 14.3 Å². The molecule has 0 atom stereocenters. The van der Waals surface area contributed by atoms with Crippen LogP contribution in [0.1, 0.15) is 36.0 Å². The number of nitrogens with zero attached hydrogens (tertiary/aromatic N) is 1. The first-order valence-electron chi connectivity index (χ1n) is 7.86. The molecule has 0 spiro atoms. The van der Waals surface area contributed by atoms with E-state index in [4.69, 9.17) is 10.00 Å². The van der Waals surface area contributed by atoms with Gasteiger partial charge >= 0.3 is 5.97 Å². The highest BCUT2D eigenvalue weighted by Crippen LogP contribution is 2.28. The average Bonchev–Trinajstić information content (AvgIpc) is 3.06. The number of nitrogens with one attached hydrogen (secondary N) is 2. The third-order valence-corrected chi connectivity index (χ3v) is 3.89. The fourth-order valence-corrected chi connectivity index (χ4v) is 2.63. The van der Waals surface area contributed by atoms with Gasteiger partial charge in [-0.1, -0.05) is 6.07 Å². The lowest BCUT2D eigenvalue weighted by Crippen LogP contribution is -2.47. The second-order valence-electron chi connectivity index (χ2n) is 5.80. The molecule has 7 nitrogen and oxygen atoms in total. The lowest BCUT2D eigenvalue weighted by atomic mass is 10.00. The van der Waals surface area contributed by atoms with E-state index in [1.807, 2.05) is 0 Å². The number of rotatable bonds is 6. The summed E-state index contributed by atoms with van der Waals surface area (Å²) in [5, 5.41) is 14.0. The van der Waals surface area contributed by atoms with Crippen LogP contribution < -0.4 is 10.6 Å². The molecule has 2 N–H and O–H groups in total. The monoisotopic (exact) mass is 347 g/mol. The van der Waals surface area contributed by atoms with E-state index in [2.05, 4.69) is 16.7 Å². The molecule has 1 aromatic carbocycles. The van der Waals surface area contributed by atoms with Gasteiger partial charge in [-0.3, -0.25) is 14.4 Å². The standard InChI is InChI=1S/C17H18FN3O4/c18-13-5-3-4-12(8-13)16(24)20-9-15(23)25-10-14(22)21-17(11-19)6-1-2-7-17/h3-5,8H,1-2,6-7,9-10H2,(H,20,24)(H,21,22). The molecule has 2 rings (SSSR count). The Morgan fingerprint density at radius 3 is 2.64 bits per heavy atom. The molecule has 132 valence electrons. The normalized spacial score (nSPS) is 15.0. The van der Waals surface area contributed by atoms with Crippen LogP contribution in [0.3, 0.4) is 0 Å². The Kier molecular flexibility index (Phi) is 6.06. The summed E-state index contributed by atoms with van der Waals surface area (Å²) in [5.41, 5.74) is -0.808. The molecular weight excluding hydrogens is 329 g/mol. The van der Waals surface area contributed by atoms with Gasteiger partial charge in [-0.05, 0) is 43.9 Å². The van der Waals surface area contributed by atoms with Crippen molar-refractivity contribution in [3.8, 4) is 6.07 Å². The maximum absolute atomic E-state index is 13.0. The first-order valence-corrected chi connectivity index (χ1v) is 7.86. The lowest BCUT2D eigenvalue weighted by Gasteiger charge is -2.21. The van der Waals surface area contributed by atoms with Crippen LogP contribution in [-0.4, -0.2) is 36.5 Å². The number of halogens is 1. The van der Waals surface area contributed by atoms with Gasteiger partial charge in [0.15, 0.2) is 6.61 Å². The minimum atomic E-state index is -0.880. The topological polar surface area (TPSA) is 108 Å². The van der Waals surface area contributed by atoms with Crippen molar-refractivity contribution in [3.05, 3.63) is 35.6 Å². The average molecular weight is 347 g/mol. The van der Waals surface area contributed by atoms with Crippen LogP contribution in [0.4, 0.5) is 4.39 Å². The Hall–Kier alpha value is -2.95. The zero-order valence-electron chi connectivity index (χ0n) is 13.5. The maximum atomic E-state index is 13.0. The van der Waals surface area contributed by atoms with Crippen LogP contribution in [0.2, 0.25) is 0 Å². The summed E-state index contributed by atoms with van der Waals surface area (Å²) in [7, 11) is 0. The molecular formula is C17H18FN3O4. The molecule has 1 aromatic rings. The number of carbonyl (C=O) groups is 3. The van der Waals surface area contributed by atoms with E-state index in [0.717, 1.165) is 18.9 Å². The summed E-state index contributed by atoms with van der Waals surface area (Å²) in [4.78, 5) is 35.1. The molecule has 1 fully saturated rings. The van der Waals surface area contributed by atoms with Gasteiger partial charge in [0.2, 0.25) is 0 Å². The Balaban J connectivity index is 1.72. The van der Waals surface area contributed by atoms with Gasteiger partial charge in [0.05, 0.1) is 6.07 Å². The largest absolute Gasteiger partial charge is 0.454 e. The van der Waals surface area contributed by atoms with Crippen molar-refractivity contribution in [2.24, 2.45) is 0 Å². The van der Waals surface area contributed by atoms with Gasteiger partial charge in [0.1, 0.15) is 17.9 Å². The van der Waals surface area contributed by atoms with Gasteiger partial charge in [-0.25, -0.2) is 4.39 Å². The number of hydrogen-bond donors (Lipinski definition) is 2. The van der Waals surface area contributed by atoms with Crippen molar-refractivity contribution in [1.29, 1.82) is 5.26 Å². The molecule has 0 heterocycles. The smallest absolute Gasteiger partial charge is 0.325 e. The second-order valence-corrected chi connectivity index (χ2v) is 5.80. The molecule has 0 aliphatic heterocycles. The zero-order valence-corrected chi connectivity index (χ0v) is 13.5. The van der Waals surface area contributed by atoms with E-state index in [-0.39, 0.29) is 5.56 Å². The fourth-order valence-electron chi connectivity index (χ4n) is 2.63. The van der Waals surface area contributed by atoms with Crippen molar-refractivity contribution in [1.82, 2.24) is 10.6 Å². The van der Waals surface area contributed by atoms with E-state index in [1.54, 1.807) is 0 Å². The summed E-state index contributed by atoms with van der Waals surface area (Å²) >= 11 is 0. The number of carbonyl (C=O) groups excluding carboxylic acids is 3. The molecule has 25 heavy (non-hydrogen) atoms. The predicted molar refractivity (Wildman–Crippen MR) is 84.6 cm³/mol. The molecule has 0 radical (unpaired) electrons. The molecule has 0 unspecified atom stereocenters. The summed E-state index contributed by atoms with van der Waals surface area (Å²) in [6, 6.07) is 7.11. The van der Waals surface area contributed by atoms with Gasteiger partial charge in [-0.2, -0.15) is 5.26 Å². The van der Waals surface area contributed by atoms with Gasteiger partial charge in [0.25, 0.3) is 11.8 Å². The molecule has 1 saturated carbocycles. The number of esters is 1. The first-order chi connectivity index (χ1) is 11.9. The molecule has 0 aromatic heterocycles. The van der Waals surface area contributed by atoms with Gasteiger partial charge < -0.3 is 15.4 Å². The fraction of sp³-hybridized carbons (Fsp3) is 0.412. The zero-order chi connectivity index (χ0) is 18.3. The first kappa shape index (κ1) is 18.4. The number of ether oxygens (including phenoxy) is 1. The van der Waals surface area contributed by atoms with Crippen LogP contribution in [0.15, 0.2) is 24.3 Å². The van der Waals surface area contributed by atoms with Crippen molar-refractivity contribution >= 4 is 17.8 Å². The molecule has 2 amide bonds. The number of amides is 2. The Bertz CT molecular complexity index is 708. The van der Waals surface area contributed by atoms with Crippen LogP contribution in [0, 0.1) is 17.1 Å². The molecule has 0 bridgehead atoms. The molecule has 0 saturated heterocycles. The molecule has 8 heteroatoms. The molecule has 1 aliphatic carbocycles. The van der Waals surface area contributed by atoms with E-state index in [9.17, 15) is 18.8 Å². The van der Waals surface area contributed by atoms with Crippen LogP contribution in [0.5, 0.6) is 0 Å². The summed E-state index contributed by atoms with van der Waals surface area (Å²) < 4.78 is 17.8. The molecule has 1 aliphatic rings. The van der Waals surface area contributed by atoms with E-state index >= 15 is 0 Å². The summed E-state index contributed by atoms with van der Waals surface area (Å²) in [6.45, 7) is -0.982. The van der Waals surface area contributed by atoms with Gasteiger partial charge in [0, 0.05) is 5.56 Å². The SMILES string of the molecule is N#CC1(NC(=O)COC(=O)CNC(=O)c2cccc(F)c2)CCCC1. The third-order valence-electron chi connectivity index (χ3n) is 3.89. The Labute approximate surface area is 144 Å². The number of benzene rings is 1. The maximum Gasteiger partial charge on any atom is 0.325 e. The summed E-state index contributed by atoms with van der Waals surface area (Å²) in [6.07, 6.45) is 2.87. The minimum Gasteiger partial charge on any atom is -0.454 e.